The molecule has 0 aliphatic carbocycles. The predicted molar refractivity (Wildman–Crippen MR) is 78.5 cm³/mol. The molecule has 0 saturated heterocycles. The van der Waals surface area contributed by atoms with Crippen molar-refractivity contribution in [3.63, 3.8) is 0 Å². The summed E-state index contributed by atoms with van der Waals surface area (Å²) in [4.78, 5) is 4.42. The molecule has 0 spiro atoms. The lowest BCUT2D eigenvalue weighted by molar-refractivity contribution is 0.538. The van der Waals surface area contributed by atoms with E-state index in [1.807, 2.05) is 25.3 Å². The van der Waals surface area contributed by atoms with Gasteiger partial charge in [-0.2, -0.15) is 0 Å². The smallest absolute Gasteiger partial charge is 0.123 e. The zero-order chi connectivity index (χ0) is 14.5. The standard InChI is InChI=1S/C16H20FN3/c1-3-12-4-5-15(19-10-12)9-16(20-18)13-6-11(2)7-14(17)8-13/h4-8,10,16,20H,3,9,18H2,1-2H3. The minimum atomic E-state index is -0.241. The van der Waals surface area contributed by atoms with Crippen molar-refractivity contribution < 1.29 is 4.39 Å². The van der Waals surface area contributed by atoms with Crippen molar-refractivity contribution in [2.75, 3.05) is 0 Å². The van der Waals surface area contributed by atoms with Crippen LogP contribution in [0.3, 0.4) is 0 Å². The van der Waals surface area contributed by atoms with Gasteiger partial charge in [-0.05, 0) is 48.2 Å². The highest BCUT2D eigenvalue weighted by atomic mass is 19.1. The first-order valence-electron chi connectivity index (χ1n) is 6.79. The summed E-state index contributed by atoms with van der Waals surface area (Å²) in [7, 11) is 0. The Bertz CT molecular complexity index is 546. The number of hydrogen-bond acceptors (Lipinski definition) is 3. The molecule has 0 radical (unpaired) electrons. The van der Waals surface area contributed by atoms with Crippen LogP contribution in [-0.2, 0) is 12.8 Å². The van der Waals surface area contributed by atoms with E-state index >= 15 is 0 Å². The molecule has 106 valence electrons. The molecule has 0 aliphatic rings. The molecule has 2 rings (SSSR count). The summed E-state index contributed by atoms with van der Waals surface area (Å²) in [5.74, 6) is 5.37. The summed E-state index contributed by atoms with van der Waals surface area (Å²) in [5.41, 5.74) is 6.60. The Labute approximate surface area is 119 Å². The third-order valence-electron chi connectivity index (χ3n) is 3.38. The normalized spacial score (nSPS) is 12.4. The Balaban J connectivity index is 2.19. The van der Waals surface area contributed by atoms with Gasteiger partial charge < -0.3 is 0 Å². The van der Waals surface area contributed by atoms with Gasteiger partial charge in [0, 0.05) is 18.3 Å². The second-order valence-electron chi connectivity index (χ2n) is 5.00. The van der Waals surface area contributed by atoms with E-state index in [4.69, 9.17) is 5.84 Å². The second-order valence-corrected chi connectivity index (χ2v) is 5.00. The number of aromatic nitrogens is 1. The highest BCUT2D eigenvalue weighted by Crippen LogP contribution is 2.19. The number of nitrogens with one attached hydrogen (secondary N) is 1. The maximum Gasteiger partial charge on any atom is 0.123 e. The minimum absolute atomic E-state index is 0.149. The Morgan fingerprint density at radius 3 is 2.65 bits per heavy atom. The van der Waals surface area contributed by atoms with Crippen molar-refractivity contribution in [1.29, 1.82) is 0 Å². The third-order valence-corrected chi connectivity index (χ3v) is 3.38. The van der Waals surface area contributed by atoms with Crippen molar-refractivity contribution in [3.8, 4) is 0 Å². The van der Waals surface area contributed by atoms with Crippen LogP contribution in [0.1, 0.15) is 35.3 Å². The number of halogens is 1. The van der Waals surface area contributed by atoms with Crippen LogP contribution in [0.25, 0.3) is 0 Å². The van der Waals surface area contributed by atoms with Crippen LogP contribution < -0.4 is 11.3 Å². The van der Waals surface area contributed by atoms with Crippen molar-refractivity contribution in [2.24, 2.45) is 5.84 Å². The molecule has 3 N–H and O–H groups in total. The maximum atomic E-state index is 13.5. The predicted octanol–water partition coefficient (Wildman–Crippen LogP) is 2.84. The molecule has 0 bridgehead atoms. The fourth-order valence-corrected chi connectivity index (χ4v) is 2.23. The highest BCUT2D eigenvalue weighted by molar-refractivity contribution is 5.27. The van der Waals surface area contributed by atoms with Crippen LogP contribution in [0, 0.1) is 12.7 Å². The number of aryl methyl sites for hydroxylation is 2. The van der Waals surface area contributed by atoms with Gasteiger partial charge in [-0.1, -0.05) is 19.1 Å². The van der Waals surface area contributed by atoms with Crippen LogP contribution in [-0.4, -0.2) is 4.98 Å². The average Bonchev–Trinajstić information content (AvgIpc) is 2.44. The lowest BCUT2D eigenvalue weighted by Gasteiger charge is -2.17. The Hall–Kier alpha value is -1.78. The van der Waals surface area contributed by atoms with E-state index in [2.05, 4.69) is 23.4 Å². The Morgan fingerprint density at radius 1 is 1.30 bits per heavy atom. The third kappa shape index (κ3) is 3.62. The van der Waals surface area contributed by atoms with E-state index in [1.54, 1.807) is 0 Å². The molecule has 0 saturated carbocycles. The molecule has 1 aromatic carbocycles. The number of nitrogens with two attached hydrogens (primary N) is 1. The fraction of sp³-hybridized carbons (Fsp3) is 0.312. The summed E-state index contributed by atoms with van der Waals surface area (Å²) >= 11 is 0. The van der Waals surface area contributed by atoms with Gasteiger partial charge in [0.15, 0.2) is 0 Å². The Kier molecular flexibility index (Phi) is 4.82. The van der Waals surface area contributed by atoms with Gasteiger partial charge in [-0.3, -0.25) is 16.3 Å². The molecule has 0 amide bonds. The molecular formula is C16H20FN3. The van der Waals surface area contributed by atoms with E-state index in [0.29, 0.717) is 6.42 Å². The second kappa shape index (κ2) is 6.59. The molecule has 1 unspecified atom stereocenters. The number of rotatable bonds is 5. The van der Waals surface area contributed by atoms with Gasteiger partial charge in [0.05, 0.1) is 6.04 Å². The van der Waals surface area contributed by atoms with Gasteiger partial charge >= 0.3 is 0 Å². The fourth-order valence-electron chi connectivity index (χ4n) is 2.23. The van der Waals surface area contributed by atoms with Gasteiger partial charge in [-0.25, -0.2) is 4.39 Å². The van der Waals surface area contributed by atoms with Gasteiger partial charge in [0.2, 0.25) is 0 Å². The zero-order valence-corrected chi connectivity index (χ0v) is 11.9. The monoisotopic (exact) mass is 273 g/mol. The first-order chi connectivity index (χ1) is 9.62. The Morgan fingerprint density at radius 2 is 2.10 bits per heavy atom. The number of nitrogens with zero attached hydrogens (tertiary/aromatic N) is 1. The van der Waals surface area contributed by atoms with Crippen LogP contribution >= 0.6 is 0 Å². The highest BCUT2D eigenvalue weighted by Gasteiger charge is 2.13. The van der Waals surface area contributed by atoms with Crippen LogP contribution in [0.5, 0.6) is 0 Å². The molecule has 20 heavy (non-hydrogen) atoms. The van der Waals surface area contributed by atoms with Crippen molar-refractivity contribution in [3.05, 3.63) is 64.7 Å². The van der Waals surface area contributed by atoms with Gasteiger partial charge in [-0.15, -0.1) is 0 Å². The van der Waals surface area contributed by atoms with E-state index in [9.17, 15) is 4.39 Å². The van der Waals surface area contributed by atoms with Crippen molar-refractivity contribution in [1.82, 2.24) is 10.4 Å². The molecule has 0 aliphatic heterocycles. The molecular weight excluding hydrogens is 253 g/mol. The topological polar surface area (TPSA) is 50.9 Å². The summed E-state index contributed by atoms with van der Waals surface area (Å²) in [6, 6.07) is 8.86. The van der Waals surface area contributed by atoms with E-state index in [0.717, 1.165) is 23.2 Å². The molecule has 0 fully saturated rings. The molecule has 3 nitrogen and oxygen atoms in total. The van der Waals surface area contributed by atoms with Crippen LogP contribution in [0.15, 0.2) is 36.5 Å². The van der Waals surface area contributed by atoms with Crippen LogP contribution in [0.4, 0.5) is 4.39 Å². The lowest BCUT2D eigenvalue weighted by Crippen LogP contribution is -2.30. The van der Waals surface area contributed by atoms with Crippen LogP contribution in [0.2, 0.25) is 0 Å². The number of hydrogen-bond donors (Lipinski definition) is 2. The summed E-state index contributed by atoms with van der Waals surface area (Å²) in [5, 5.41) is 0. The summed E-state index contributed by atoms with van der Waals surface area (Å²) in [6.07, 6.45) is 3.47. The largest absolute Gasteiger partial charge is 0.271 e. The van der Waals surface area contributed by atoms with E-state index in [1.165, 1.54) is 17.7 Å². The summed E-state index contributed by atoms with van der Waals surface area (Å²) < 4.78 is 13.5. The number of pyridine rings is 1. The molecule has 1 heterocycles. The van der Waals surface area contributed by atoms with E-state index < -0.39 is 0 Å². The van der Waals surface area contributed by atoms with E-state index in [-0.39, 0.29) is 11.9 Å². The first-order valence-corrected chi connectivity index (χ1v) is 6.79. The molecule has 4 heteroatoms. The lowest BCUT2D eigenvalue weighted by atomic mass is 10.00. The summed E-state index contributed by atoms with van der Waals surface area (Å²) in [6.45, 7) is 3.96. The maximum absolute atomic E-state index is 13.5. The van der Waals surface area contributed by atoms with Crippen molar-refractivity contribution >= 4 is 0 Å². The zero-order valence-electron chi connectivity index (χ0n) is 11.9. The molecule has 2 aromatic rings. The SMILES string of the molecule is CCc1ccc(CC(NN)c2cc(C)cc(F)c2)nc1. The van der Waals surface area contributed by atoms with Gasteiger partial charge in [0.1, 0.15) is 5.82 Å². The van der Waals surface area contributed by atoms with Gasteiger partial charge in [0.25, 0.3) is 0 Å². The molecule has 1 atom stereocenters. The first kappa shape index (κ1) is 14.6. The minimum Gasteiger partial charge on any atom is -0.271 e. The number of benzene rings is 1. The number of hydrazine groups is 1. The quantitative estimate of drug-likeness (QED) is 0.650. The van der Waals surface area contributed by atoms with Crippen molar-refractivity contribution in [2.45, 2.75) is 32.7 Å². The average molecular weight is 273 g/mol. The molecule has 1 aromatic heterocycles.